The minimum Gasteiger partial charge on any atom is -0.379 e. The third-order valence-corrected chi connectivity index (χ3v) is 6.34. The lowest BCUT2D eigenvalue weighted by Gasteiger charge is -2.42. The number of nitrogens with one attached hydrogen (secondary N) is 1. The van der Waals surface area contributed by atoms with Gasteiger partial charge in [0.2, 0.25) is 17.2 Å². The van der Waals surface area contributed by atoms with E-state index < -0.39 is 0 Å². The van der Waals surface area contributed by atoms with Gasteiger partial charge in [0.25, 0.3) is 5.56 Å². The smallest absolute Gasteiger partial charge is 0.250 e. The van der Waals surface area contributed by atoms with Crippen LogP contribution in [0.1, 0.15) is 18.0 Å². The van der Waals surface area contributed by atoms with E-state index in [0.29, 0.717) is 23.7 Å². The van der Waals surface area contributed by atoms with Crippen LogP contribution in [0.2, 0.25) is 5.28 Å². The van der Waals surface area contributed by atoms with Crippen molar-refractivity contribution in [3.8, 4) is 0 Å². The number of hydrogen-bond donors (Lipinski definition) is 1. The first-order valence-electron chi connectivity index (χ1n) is 10.6. The molecule has 1 N–H and O–H groups in total. The number of ether oxygens (including phenoxy) is 1. The molecule has 2 fully saturated rings. The molecule has 2 saturated heterocycles. The molecule has 2 bridgehead atoms. The van der Waals surface area contributed by atoms with E-state index in [0.717, 1.165) is 71.1 Å². The van der Waals surface area contributed by atoms with Crippen LogP contribution in [-0.2, 0) is 11.3 Å². The first kappa shape index (κ1) is 19.7. The van der Waals surface area contributed by atoms with Gasteiger partial charge >= 0.3 is 0 Å². The highest BCUT2D eigenvalue weighted by Gasteiger charge is 2.35. The largest absolute Gasteiger partial charge is 0.379 e. The number of fused-ring (bicyclic) bond motifs is 4. The average molecular weight is 432 g/mol. The fraction of sp³-hybridized carbons (Fsp3) is 0.600. The molecule has 160 valence electrons. The topological polar surface area (TPSA) is 88.4 Å². The first-order valence-corrected chi connectivity index (χ1v) is 10.9. The number of nitrogens with zero attached hydrogens (tertiary/aromatic N) is 6. The van der Waals surface area contributed by atoms with Crippen molar-refractivity contribution in [1.29, 1.82) is 0 Å². The van der Waals surface area contributed by atoms with Crippen LogP contribution in [0.4, 0.5) is 11.9 Å². The Kier molecular flexibility index (Phi) is 5.58. The van der Waals surface area contributed by atoms with E-state index in [1.165, 1.54) is 0 Å². The van der Waals surface area contributed by atoms with Crippen LogP contribution in [0.3, 0.4) is 0 Å². The zero-order valence-electron chi connectivity index (χ0n) is 16.8. The Morgan fingerprint density at radius 1 is 1.13 bits per heavy atom. The van der Waals surface area contributed by atoms with E-state index in [1.54, 1.807) is 6.07 Å². The van der Waals surface area contributed by atoms with Gasteiger partial charge in [0.1, 0.15) is 0 Å². The zero-order chi connectivity index (χ0) is 20.5. The summed E-state index contributed by atoms with van der Waals surface area (Å²) in [7, 11) is 0. The normalized spacial score (nSPS) is 23.8. The van der Waals surface area contributed by atoms with Crippen LogP contribution in [0.15, 0.2) is 23.0 Å². The lowest BCUT2D eigenvalue weighted by Crippen LogP contribution is -2.47. The summed E-state index contributed by atoms with van der Waals surface area (Å²) in [5.41, 5.74) is 1.19. The predicted octanol–water partition coefficient (Wildman–Crippen LogP) is 1.05. The fourth-order valence-corrected chi connectivity index (χ4v) is 4.93. The maximum Gasteiger partial charge on any atom is 0.250 e. The average Bonchev–Trinajstić information content (AvgIpc) is 2.75. The molecule has 2 aromatic heterocycles. The van der Waals surface area contributed by atoms with Crippen molar-refractivity contribution in [3.63, 3.8) is 0 Å². The first-order chi connectivity index (χ1) is 14.7. The van der Waals surface area contributed by atoms with Gasteiger partial charge in [-0.05, 0) is 30.0 Å². The third kappa shape index (κ3) is 4.14. The highest BCUT2D eigenvalue weighted by atomic mass is 35.5. The number of rotatable bonds is 5. The molecule has 5 heterocycles. The van der Waals surface area contributed by atoms with E-state index >= 15 is 0 Å². The number of piperidine rings is 1. The molecule has 3 aliphatic rings. The molecule has 5 rings (SSSR count). The second kappa shape index (κ2) is 8.49. The Morgan fingerprint density at radius 2 is 2.00 bits per heavy atom. The Morgan fingerprint density at radius 3 is 2.87 bits per heavy atom. The summed E-state index contributed by atoms with van der Waals surface area (Å²) in [4.78, 5) is 30.0. The molecule has 30 heavy (non-hydrogen) atoms. The summed E-state index contributed by atoms with van der Waals surface area (Å²) in [5.74, 6) is 1.79. The Labute approximate surface area is 180 Å². The molecular weight excluding hydrogens is 406 g/mol. The van der Waals surface area contributed by atoms with Crippen molar-refractivity contribution in [3.05, 3.63) is 39.5 Å². The molecule has 0 aliphatic carbocycles. The van der Waals surface area contributed by atoms with Crippen LogP contribution >= 0.6 is 11.6 Å². The van der Waals surface area contributed by atoms with Gasteiger partial charge in [-0.25, -0.2) is 0 Å². The van der Waals surface area contributed by atoms with Crippen molar-refractivity contribution in [2.75, 3.05) is 62.7 Å². The number of aromatic nitrogens is 4. The van der Waals surface area contributed by atoms with Gasteiger partial charge < -0.3 is 19.5 Å². The van der Waals surface area contributed by atoms with E-state index in [2.05, 4.69) is 36.1 Å². The summed E-state index contributed by atoms with van der Waals surface area (Å²) in [6.45, 7) is 7.44. The molecule has 0 amide bonds. The van der Waals surface area contributed by atoms with Gasteiger partial charge in [0.15, 0.2) is 0 Å². The van der Waals surface area contributed by atoms with Crippen molar-refractivity contribution >= 4 is 23.5 Å². The van der Waals surface area contributed by atoms with E-state index in [1.807, 2.05) is 10.6 Å². The highest BCUT2D eigenvalue weighted by Crippen LogP contribution is 2.36. The molecule has 3 aliphatic heterocycles. The molecule has 0 aromatic carbocycles. The molecule has 0 spiro atoms. The Hall–Kier alpha value is -2.23. The van der Waals surface area contributed by atoms with Crippen LogP contribution in [-0.4, -0.2) is 76.9 Å². The molecule has 9 nitrogen and oxygen atoms in total. The maximum atomic E-state index is 12.2. The van der Waals surface area contributed by atoms with Crippen molar-refractivity contribution in [2.45, 2.75) is 18.9 Å². The Balaban J connectivity index is 1.28. The van der Waals surface area contributed by atoms with Crippen molar-refractivity contribution in [2.24, 2.45) is 5.92 Å². The second-order valence-electron chi connectivity index (χ2n) is 8.21. The number of anilines is 2. The van der Waals surface area contributed by atoms with E-state index in [4.69, 9.17) is 16.3 Å². The minimum atomic E-state index is 0.0885. The highest BCUT2D eigenvalue weighted by molar-refractivity contribution is 6.28. The molecule has 10 heteroatoms. The lowest BCUT2D eigenvalue weighted by molar-refractivity contribution is 0.0398. The van der Waals surface area contributed by atoms with E-state index in [9.17, 15) is 4.79 Å². The molecule has 2 aromatic rings. The third-order valence-electron chi connectivity index (χ3n) is 6.17. The molecule has 0 saturated carbocycles. The van der Waals surface area contributed by atoms with Crippen LogP contribution in [0.25, 0.3) is 0 Å². The van der Waals surface area contributed by atoms with Crippen molar-refractivity contribution in [1.82, 2.24) is 24.4 Å². The van der Waals surface area contributed by atoms with Gasteiger partial charge in [-0.3, -0.25) is 9.69 Å². The number of morpholine rings is 1. The number of pyridine rings is 1. The quantitative estimate of drug-likeness (QED) is 0.751. The molecule has 2 unspecified atom stereocenters. The predicted molar refractivity (Wildman–Crippen MR) is 114 cm³/mol. The molecular formula is C20H26ClN7O2. The van der Waals surface area contributed by atoms with Gasteiger partial charge in [-0.15, -0.1) is 0 Å². The lowest BCUT2D eigenvalue weighted by atomic mass is 9.83. The van der Waals surface area contributed by atoms with Crippen LogP contribution in [0.5, 0.6) is 0 Å². The maximum absolute atomic E-state index is 12.2. The summed E-state index contributed by atoms with van der Waals surface area (Å²) in [5, 5.41) is 3.48. The molecule has 2 atom stereocenters. The van der Waals surface area contributed by atoms with E-state index in [-0.39, 0.29) is 10.8 Å². The van der Waals surface area contributed by atoms with Crippen LogP contribution in [0, 0.1) is 5.92 Å². The minimum absolute atomic E-state index is 0.0885. The summed E-state index contributed by atoms with van der Waals surface area (Å²) >= 11 is 6.22. The number of halogens is 1. The molecule has 0 radical (unpaired) electrons. The van der Waals surface area contributed by atoms with Gasteiger partial charge in [-0.1, -0.05) is 6.07 Å². The summed E-state index contributed by atoms with van der Waals surface area (Å²) in [6.07, 6.45) is 1.09. The Bertz CT molecular complexity index is 962. The fourth-order valence-electron chi connectivity index (χ4n) is 4.77. The van der Waals surface area contributed by atoms with Crippen molar-refractivity contribution < 1.29 is 4.74 Å². The number of hydrogen-bond acceptors (Lipinski definition) is 8. The van der Waals surface area contributed by atoms with Crippen LogP contribution < -0.4 is 15.8 Å². The van der Waals surface area contributed by atoms with Gasteiger partial charge in [-0.2, -0.15) is 15.0 Å². The van der Waals surface area contributed by atoms with Gasteiger partial charge in [0.05, 0.1) is 13.2 Å². The summed E-state index contributed by atoms with van der Waals surface area (Å²) < 4.78 is 7.31. The zero-order valence-corrected chi connectivity index (χ0v) is 17.6. The van der Waals surface area contributed by atoms with Gasteiger partial charge in [0, 0.05) is 63.5 Å². The summed E-state index contributed by atoms with van der Waals surface area (Å²) in [6, 6.07) is 5.55. The SMILES string of the molecule is O=c1cccc2n1CC1CC2CN(c2nc(Cl)nc(NCCN3CCOCC3)n2)C1. The monoisotopic (exact) mass is 431 g/mol. The standard InChI is InChI=1S/C20H26ClN7O2/c21-18-23-19(22-4-5-26-6-8-30-9-7-26)25-20(24-18)27-11-14-10-15(13-27)16-2-1-3-17(29)28(16)12-14/h1-3,14-15H,4-13H2,(H,22,23,24,25). The second-order valence-corrected chi connectivity index (χ2v) is 8.55.